The number of carbonyl (C=O) groups is 1. The normalized spacial score (nSPS) is 18.2. The molecule has 1 aliphatic heterocycles. The van der Waals surface area contributed by atoms with Gasteiger partial charge in [0.2, 0.25) is 0 Å². The maximum absolute atomic E-state index is 11.5. The monoisotopic (exact) mass is 214 g/mol. The summed E-state index contributed by atoms with van der Waals surface area (Å²) in [6, 6.07) is 9.62. The van der Waals surface area contributed by atoms with Crippen molar-refractivity contribution in [3.05, 3.63) is 41.4 Å². The van der Waals surface area contributed by atoms with Crippen molar-refractivity contribution < 1.29 is 9.58 Å². The largest absolute Gasteiger partial charge is 0.361 e. The zero-order chi connectivity index (χ0) is 11.4. The van der Waals surface area contributed by atoms with Crippen LogP contribution in [0.1, 0.15) is 11.5 Å². The summed E-state index contributed by atoms with van der Waals surface area (Å²) < 4.78 is 0. The van der Waals surface area contributed by atoms with E-state index in [0.29, 0.717) is 12.3 Å². The smallest absolute Gasteiger partial charge is 0.329 e. The van der Waals surface area contributed by atoms with Gasteiger partial charge in [0.1, 0.15) is 5.71 Å². The second-order valence-electron chi connectivity index (χ2n) is 3.43. The van der Waals surface area contributed by atoms with Gasteiger partial charge in [0, 0.05) is 6.54 Å². The molecule has 0 saturated heterocycles. The number of Topliss-reactive ketones (excluding diaryl/α,β-unsaturated/α-hetero) is 1. The molecule has 0 bridgehead atoms. The topological polar surface area (TPSA) is 77.9 Å². The molecule has 0 spiro atoms. The zero-order valence-electron chi connectivity index (χ0n) is 8.50. The van der Waals surface area contributed by atoms with Crippen molar-refractivity contribution >= 4 is 17.7 Å². The van der Waals surface area contributed by atoms with Gasteiger partial charge in [0.05, 0.1) is 5.92 Å². The third-order valence-corrected chi connectivity index (χ3v) is 2.45. The highest BCUT2D eigenvalue weighted by molar-refractivity contribution is 6.60. The third-order valence-electron chi connectivity index (χ3n) is 2.45. The number of hydrogen-bond acceptors (Lipinski definition) is 3. The lowest BCUT2D eigenvalue weighted by Crippen LogP contribution is -2.22. The van der Waals surface area contributed by atoms with Crippen LogP contribution < -0.4 is 5.43 Å². The summed E-state index contributed by atoms with van der Waals surface area (Å²) >= 11 is 0. The predicted molar refractivity (Wildman–Crippen MR) is 59.3 cm³/mol. The Hall–Kier alpha value is -2.26. The molecule has 1 aromatic rings. The third kappa shape index (κ3) is 1.89. The Balaban J connectivity index is 2.28. The molecule has 5 nitrogen and oxygen atoms in total. The first-order chi connectivity index (χ1) is 7.83. The van der Waals surface area contributed by atoms with Gasteiger partial charge in [-0.15, -0.1) is 0 Å². The summed E-state index contributed by atoms with van der Waals surface area (Å²) in [4.78, 5) is 14.3. The molecular formula is C11H10N4O. The second kappa shape index (κ2) is 4.51. The molecule has 1 aliphatic rings. The Morgan fingerprint density at radius 2 is 2.25 bits per heavy atom. The standard InChI is InChI=1S/C11H10N4O/c12-13-7-10(16)11-9(6-14-15-11)8-4-2-1-3-5-8/h1-5,7,9,14H,6H2. The first kappa shape index (κ1) is 10.3. The Morgan fingerprint density at radius 3 is 2.94 bits per heavy atom. The number of hydrazone groups is 1. The molecule has 2 rings (SSSR count). The molecule has 1 unspecified atom stereocenters. The van der Waals surface area contributed by atoms with E-state index in [-0.39, 0.29) is 11.7 Å². The van der Waals surface area contributed by atoms with Gasteiger partial charge in [-0.2, -0.15) is 9.89 Å². The fourth-order valence-electron chi connectivity index (χ4n) is 1.70. The molecule has 1 aromatic carbocycles. The Kier molecular flexibility index (Phi) is 2.89. The van der Waals surface area contributed by atoms with Crippen LogP contribution in [0.3, 0.4) is 0 Å². The van der Waals surface area contributed by atoms with Crippen LogP contribution in [-0.4, -0.2) is 29.0 Å². The van der Waals surface area contributed by atoms with Crippen LogP contribution in [0, 0.1) is 0 Å². The van der Waals surface area contributed by atoms with E-state index < -0.39 is 0 Å². The average Bonchev–Trinajstić information content (AvgIpc) is 2.79. The lowest BCUT2D eigenvalue weighted by atomic mass is 9.93. The summed E-state index contributed by atoms with van der Waals surface area (Å²) in [7, 11) is 0. The van der Waals surface area contributed by atoms with Crippen LogP contribution in [0.25, 0.3) is 5.53 Å². The van der Waals surface area contributed by atoms with Gasteiger partial charge in [0.15, 0.2) is 0 Å². The van der Waals surface area contributed by atoms with Crippen LogP contribution in [0.4, 0.5) is 0 Å². The molecule has 0 saturated carbocycles. The number of hydrogen-bond donors (Lipinski definition) is 1. The average molecular weight is 214 g/mol. The SMILES string of the molecule is [N-]=[N+]=CC(=O)C1=NNCC1c1ccccc1. The van der Waals surface area contributed by atoms with E-state index in [1.54, 1.807) is 0 Å². The van der Waals surface area contributed by atoms with Crippen molar-refractivity contribution in [2.24, 2.45) is 5.10 Å². The van der Waals surface area contributed by atoms with Crippen LogP contribution in [-0.2, 0) is 4.79 Å². The molecule has 1 atom stereocenters. The quantitative estimate of drug-likeness (QED) is 0.454. The molecule has 0 aliphatic carbocycles. The van der Waals surface area contributed by atoms with Crippen LogP contribution in [0.2, 0.25) is 0 Å². The number of benzene rings is 1. The van der Waals surface area contributed by atoms with Crippen LogP contribution in [0.15, 0.2) is 35.4 Å². The molecule has 0 aromatic heterocycles. The molecule has 0 radical (unpaired) electrons. The minimum absolute atomic E-state index is 0.0771. The minimum atomic E-state index is -0.374. The molecule has 5 heteroatoms. The molecule has 1 N–H and O–H groups in total. The lowest BCUT2D eigenvalue weighted by molar-refractivity contribution is -0.110. The molecule has 0 fully saturated rings. The summed E-state index contributed by atoms with van der Waals surface area (Å²) in [5, 5.41) is 3.93. The van der Waals surface area contributed by atoms with Crippen LogP contribution >= 0.6 is 0 Å². The van der Waals surface area contributed by atoms with Gasteiger partial charge < -0.3 is 11.0 Å². The predicted octanol–water partition coefficient (Wildman–Crippen LogP) is 0.599. The summed E-state index contributed by atoms with van der Waals surface area (Å²) in [6.07, 6.45) is 0.863. The van der Waals surface area contributed by atoms with Crippen LogP contribution in [0.5, 0.6) is 0 Å². The summed E-state index contributed by atoms with van der Waals surface area (Å²) in [5.41, 5.74) is 12.5. The molecule has 80 valence electrons. The van der Waals surface area contributed by atoms with Crippen molar-refractivity contribution in [2.75, 3.05) is 6.54 Å². The first-order valence-electron chi connectivity index (χ1n) is 4.90. The van der Waals surface area contributed by atoms with Gasteiger partial charge in [-0.05, 0) is 5.56 Å². The Bertz CT molecular complexity index is 474. The van der Waals surface area contributed by atoms with Crippen molar-refractivity contribution in [2.45, 2.75) is 5.92 Å². The molecular weight excluding hydrogens is 204 g/mol. The number of carbonyl (C=O) groups excluding carboxylic acids is 1. The number of nitrogens with zero attached hydrogens (tertiary/aromatic N) is 3. The number of rotatable bonds is 3. The highest BCUT2D eigenvalue weighted by atomic mass is 16.1. The Morgan fingerprint density at radius 1 is 1.50 bits per heavy atom. The van der Waals surface area contributed by atoms with Crippen molar-refractivity contribution in [3.8, 4) is 0 Å². The van der Waals surface area contributed by atoms with E-state index in [2.05, 4.69) is 15.3 Å². The van der Waals surface area contributed by atoms with Gasteiger partial charge in [-0.25, -0.2) is 0 Å². The highest BCUT2D eigenvalue weighted by Crippen LogP contribution is 2.20. The van der Waals surface area contributed by atoms with Gasteiger partial charge in [-0.3, -0.25) is 4.79 Å². The fourth-order valence-corrected chi connectivity index (χ4v) is 1.70. The van der Waals surface area contributed by atoms with Crippen molar-refractivity contribution in [3.63, 3.8) is 0 Å². The van der Waals surface area contributed by atoms with Gasteiger partial charge in [0.25, 0.3) is 5.78 Å². The van der Waals surface area contributed by atoms with Crippen molar-refractivity contribution in [1.82, 2.24) is 5.43 Å². The van der Waals surface area contributed by atoms with E-state index in [0.717, 1.165) is 11.8 Å². The molecule has 16 heavy (non-hydrogen) atoms. The van der Waals surface area contributed by atoms with Gasteiger partial charge in [-0.1, -0.05) is 30.3 Å². The zero-order valence-corrected chi connectivity index (χ0v) is 8.50. The highest BCUT2D eigenvalue weighted by Gasteiger charge is 2.29. The van der Waals surface area contributed by atoms with E-state index in [4.69, 9.17) is 5.53 Å². The summed E-state index contributed by atoms with van der Waals surface area (Å²) in [6.45, 7) is 0.588. The maximum Gasteiger partial charge on any atom is 0.329 e. The van der Waals surface area contributed by atoms with Crippen molar-refractivity contribution in [1.29, 1.82) is 0 Å². The fraction of sp³-hybridized carbons (Fsp3) is 0.182. The maximum atomic E-state index is 11.5. The molecule has 1 heterocycles. The van der Waals surface area contributed by atoms with E-state index >= 15 is 0 Å². The summed E-state index contributed by atoms with van der Waals surface area (Å²) in [5.74, 6) is -0.451. The molecule has 0 amide bonds. The lowest BCUT2D eigenvalue weighted by Gasteiger charge is -2.08. The Labute approximate surface area is 92.4 Å². The minimum Gasteiger partial charge on any atom is -0.361 e. The van der Waals surface area contributed by atoms with E-state index in [1.807, 2.05) is 30.3 Å². The number of ketones is 1. The second-order valence-corrected chi connectivity index (χ2v) is 3.43. The van der Waals surface area contributed by atoms with Gasteiger partial charge >= 0.3 is 6.21 Å². The van der Waals surface area contributed by atoms with E-state index in [9.17, 15) is 4.79 Å². The number of nitrogens with one attached hydrogen (secondary N) is 1. The first-order valence-corrected chi connectivity index (χ1v) is 4.90. The van der Waals surface area contributed by atoms with E-state index in [1.165, 1.54) is 0 Å².